The van der Waals surface area contributed by atoms with Crippen molar-refractivity contribution in [2.45, 2.75) is 19.4 Å². The summed E-state index contributed by atoms with van der Waals surface area (Å²) in [5, 5.41) is 2.61. The van der Waals surface area contributed by atoms with E-state index in [9.17, 15) is 9.18 Å². The highest BCUT2D eigenvalue weighted by Gasteiger charge is 2.14. The first kappa shape index (κ1) is 12.9. The monoisotopic (exact) mass is 244 g/mol. The highest BCUT2D eigenvalue weighted by atomic mass is 35.5. The quantitative estimate of drug-likeness (QED) is 0.854. The lowest BCUT2D eigenvalue weighted by Crippen LogP contribution is -2.45. The third-order valence-corrected chi connectivity index (χ3v) is 2.19. The van der Waals surface area contributed by atoms with Gasteiger partial charge in [-0.15, -0.1) is 0 Å². The Balaban J connectivity index is 2.70. The minimum absolute atomic E-state index is 0.00398. The van der Waals surface area contributed by atoms with Gasteiger partial charge in [-0.25, -0.2) is 4.39 Å². The molecule has 0 aliphatic heterocycles. The van der Waals surface area contributed by atoms with Crippen LogP contribution in [0.1, 0.15) is 24.2 Å². The molecule has 0 aliphatic carbocycles. The third-order valence-electron chi connectivity index (χ3n) is 1.89. The number of hydrogen-bond donors (Lipinski definition) is 2. The fourth-order valence-electron chi connectivity index (χ4n) is 1.05. The van der Waals surface area contributed by atoms with Crippen LogP contribution in [0.4, 0.5) is 4.39 Å². The molecule has 3 N–H and O–H groups in total. The average Bonchev–Trinajstić information content (AvgIpc) is 2.17. The molecule has 1 aromatic carbocycles. The van der Waals surface area contributed by atoms with Gasteiger partial charge >= 0.3 is 0 Å². The Bertz CT molecular complexity index is 401. The Morgan fingerprint density at radius 2 is 2.19 bits per heavy atom. The van der Waals surface area contributed by atoms with Gasteiger partial charge in [0.1, 0.15) is 5.82 Å². The van der Waals surface area contributed by atoms with Crippen molar-refractivity contribution in [1.82, 2.24) is 5.32 Å². The van der Waals surface area contributed by atoms with E-state index in [1.807, 2.05) is 0 Å². The number of carbonyl (C=O) groups is 1. The summed E-state index contributed by atoms with van der Waals surface area (Å²) < 4.78 is 13.1. The van der Waals surface area contributed by atoms with Gasteiger partial charge < -0.3 is 11.1 Å². The highest BCUT2D eigenvalue weighted by Crippen LogP contribution is 2.15. The molecule has 0 radical (unpaired) electrons. The fourth-order valence-corrected chi connectivity index (χ4v) is 1.17. The molecule has 0 atom stereocenters. The van der Waals surface area contributed by atoms with E-state index in [-0.39, 0.29) is 16.5 Å². The van der Waals surface area contributed by atoms with E-state index in [2.05, 4.69) is 5.32 Å². The molecule has 5 heteroatoms. The van der Waals surface area contributed by atoms with Gasteiger partial charge in [0, 0.05) is 17.6 Å². The number of hydrogen-bond acceptors (Lipinski definition) is 2. The maximum Gasteiger partial charge on any atom is 0.251 e. The van der Waals surface area contributed by atoms with E-state index in [4.69, 9.17) is 17.3 Å². The summed E-state index contributed by atoms with van der Waals surface area (Å²) in [5.74, 6) is -0.976. The van der Waals surface area contributed by atoms with E-state index < -0.39 is 11.4 Å². The predicted molar refractivity (Wildman–Crippen MR) is 62.0 cm³/mol. The van der Waals surface area contributed by atoms with Gasteiger partial charge in [0.15, 0.2) is 0 Å². The number of carbonyl (C=O) groups excluding carboxylic acids is 1. The number of halogens is 2. The zero-order chi connectivity index (χ0) is 12.3. The standard InChI is InChI=1S/C11H14ClFN2O/c1-11(2,14)6-15-10(16)7-3-4-8(12)9(13)5-7/h3-5H,6,14H2,1-2H3,(H,15,16). The number of nitrogens with one attached hydrogen (secondary N) is 1. The minimum Gasteiger partial charge on any atom is -0.350 e. The normalized spacial score (nSPS) is 11.3. The van der Waals surface area contributed by atoms with Gasteiger partial charge in [-0.2, -0.15) is 0 Å². The van der Waals surface area contributed by atoms with E-state index >= 15 is 0 Å². The first-order valence-electron chi connectivity index (χ1n) is 4.82. The molecule has 0 aliphatic rings. The number of benzene rings is 1. The first-order chi connectivity index (χ1) is 7.29. The van der Waals surface area contributed by atoms with Gasteiger partial charge in [0.25, 0.3) is 5.91 Å². The summed E-state index contributed by atoms with van der Waals surface area (Å²) in [6, 6.07) is 3.91. The summed E-state index contributed by atoms with van der Waals surface area (Å²) >= 11 is 5.51. The lowest BCUT2D eigenvalue weighted by Gasteiger charge is -2.18. The van der Waals surface area contributed by atoms with E-state index in [0.29, 0.717) is 6.54 Å². The van der Waals surface area contributed by atoms with Crippen molar-refractivity contribution in [2.75, 3.05) is 6.54 Å². The summed E-state index contributed by atoms with van der Waals surface area (Å²) in [6.07, 6.45) is 0. The van der Waals surface area contributed by atoms with E-state index in [1.165, 1.54) is 12.1 Å². The van der Waals surface area contributed by atoms with Crippen LogP contribution in [0.3, 0.4) is 0 Å². The highest BCUT2D eigenvalue weighted by molar-refractivity contribution is 6.30. The van der Waals surface area contributed by atoms with Crippen LogP contribution in [0.2, 0.25) is 5.02 Å². The molecule has 0 saturated carbocycles. The van der Waals surface area contributed by atoms with Crippen LogP contribution in [0, 0.1) is 5.82 Å². The molecule has 0 heterocycles. The first-order valence-corrected chi connectivity index (χ1v) is 5.19. The van der Waals surface area contributed by atoms with Gasteiger partial charge in [0.05, 0.1) is 5.02 Å². The predicted octanol–water partition coefficient (Wildman–Crippen LogP) is 1.95. The second-order valence-corrected chi connectivity index (χ2v) is 4.71. The van der Waals surface area contributed by atoms with Gasteiger partial charge in [-0.1, -0.05) is 11.6 Å². The van der Waals surface area contributed by atoms with Crippen LogP contribution >= 0.6 is 11.6 Å². The molecule has 0 bridgehead atoms. The zero-order valence-corrected chi connectivity index (χ0v) is 9.94. The number of amides is 1. The Kier molecular flexibility index (Phi) is 3.88. The van der Waals surface area contributed by atoms with Crippen molar-refractivity contribution >= 4 is 17.5 Å². The molecule has 1 amide bonds. The van der Waals surface area contributed by atoms with Crippen LogP contribution in [0.15, 0.2) is 18.2 Å². The maximum absolute atomic E-state index is 13.1. The topological polar surface area (TPSA) is 55.1 Å². The van der Waals surface area contributed by atoms with E-state index in [0.717, 1.165) is 6.07 Å². The minimum atomic E-state index is -0.610. The Morgan fingerprint density at radius 1 is 1.56 bits per heavy atom. The Labute approximate surface area is 98.8 Å². The van der Waals surface area contributed by atoms with E-state index in [1.54, 1.807) is 13.8 Å². The molecule has 0 unspecified atom stereocenters. The fraction of sp³-hybridized carbons (Fsp3) is 0.364. The van der Waals surface area contributed by atoms with Crippen LogP contribution < -0.4 is 11.1 Å². The van der Waals surface area contributed by atoms with Gasteiger partial charge in [0.2, 0.25) is 0 Å². The summed E-state index contributed by atoms with van der Waals surface area (Å²) in [6.45, 7) is 3.89. The second-order valence-electron chi connectivity index (χ2n) is 4.30. The lowest BCUT2D eigenvalue weighted by atomic mass is 10.1. The van der Waals surface area contributed by atoms with Crippen molar-refractivity contribution in [3.8, 4) is 0 Å². The van der Waals surface area contributed by atoms with Crippen LogP contribution in [0.25, 0.3) is 0 Å². The molecule has 1 aromatic rings. The Hall–Kier alpha value is -1.13. The van der Waals surface area contributed by atoms with Crippen LogP contribution in [-0.2, 0) is 0 Å². The van der Waals surface area contributed by atoms with Crippen molar-refractivity contribution in [3.63, 3.8) is 0 Å². The van der Waals surface area contributed by atoms with Crippen LogP contribution in [0.5, 0.6) is 0 Å². The lowest BCUT2D eigenvalue weighted by molar-refractivity contribution is 0.0945. The number of rotatable bonds is 3. The second kappa shape index (κ2) is 4.80. The maximum atomic E-state index is 13.1. The number of nitrogens with two attached hydrogens (primary N) is 1. The molecule has 88 valence electrons. The van der Waals surface area contributed by atoms with Gasteiger partial charge in [-0.05, 0) is 32.0 Å². The molecular formula is C11H14ClFN2O. The summed E-state index contributed by atoms with van der Waals surface area (Å²) in [5.41, 5.74) is 5.43. The molecular weight excluding hydrogens is 231 g/mol. The SMILES string of the molecule is CC(C)(N)CNC(=O)c1ccc(Cl)c(F)c1. The summed E-state index contributed by atoms with van der Waals surface area (Å²) in [7, 11) is 0. The third kappa shape index (κ3) is 3.79. The van der Waals surface area contributed by atoms with Crippen molar-refractivity contribution in [3.05, 3.63) is 34.6 Å². The van der Waals surface area contributed by atoms with Crippen molar-refractivity contribution in [1.29, 1.82) is 0 Å². The molecule has 16 heavy (non-hydrogen) atoms. The zero-order valence-electron chi connectivity index (χ0n) is 9.18. The molecule has 0 spiro atoms. The average molecular weight is 245 g/mol. The van der Waals surface area contributed by atoms with Crippen molar-refractivity contribution in [2.24, 2.45) is 5.73 Å². The Morgan fingerprint density at radius 3 is 2.69 bits per heavy atom. The van der Waals surface area contributed by atoms with Crippen molar-refractivity contribution < 1.29 is 9.18 Å². The molecule has 3 nitrogen and oxygen atoms in total. The van der Waals surface area contributed by atoms with Gasteiger partial charge in [-0.3, -0.25) is 4.79 Å². The summed E-state index contributed by atoms with van der Waals surface area (Å²) in [4.78, 5) is 11.6. The largest absolute Gasteiger partial charge is 0.350 e. The molecule has 0 aromatic heterocycles. The molecule has 1 rings (SSSR count). The molecule has 0 saturated heterocycles. The molecule has 0 fully saturated rings. The van der Waals surface area contributed by atoms with Crippen LogP contribution in [-0.4, -0.2) is 18.0 Å². The smallest absolute Gasteiger partial charge is 0.251 e.